The number of hydrogen-bond donors (Lipinski definition) is 1. The molecule has 0 spiro atoms. The van der Waals surface area contributed by atoms with Gasteiger partial charge in [0.1, 0.15) is 24.5 Å². The summed E-state index contributed by atoms with van der Waals surface area (Å²) in [6.45, 7) is 2.59. The van der Waals surface area contributed by atoms with E-state index < -0.39 is 11.6 Å². The van der Waals surface area contributed by atoms with E-state index >= 15 is 0 Å². The molecule has 6 nitrogen and oxygen atoms in total. The molecule has 0 aromatic heterocycles. The molecular formula is C19H20N2O4. The SMILES string of the molecule is C[C@@]1(COC(=O)Nc2ccccc2)COC(COc2ccccc2)=N1. The summed E-state index contributed by atoms with van der Waals surface area (Å²) in [7, 11) is 0. The standard InChI is InChI=1S/C19H20N2O4/c1-19(14-25-18(22)20-15-8-4-2-5-9-15)13-24-17(21-19)12-23-16-10-6-3-7-11-16/h2-11H,12-14H2,1H3,(H,20,22)/t19-/m0/s1. The number of benzene rings is 2. The largest absolute Gasteiger partial charge is 0.484 e. The first-order valence-corrected chi connectivity index (χ1v) is 8.01. The van der Waals surface area contributed by atoms with Crippen molar-refractivity contribution in [3.63, 3.8) is 0 Å². The van der Waals surface area contributed by atoms with Crippen molar-refractivity contribution < 1.29 is 19.0 Å². The lowest BCUT2D eigenvalue weighted by Crippen LogP contribution is -2.32. The van der Waals surface area contributed by atoms with Gasteiger partial charge in [-0.3, -0.25) is 5.32 Å². The molecule has 0 aliphatic carbocycles. The predicted octanol–water partition coefficient (Wildman–Crippen LogP) is 3.50. The summed E-state index contributed by atoms with van der Waals surface area (Å²) in [6.07, 6.45) is -0.517. The molecular weight excluding hydrogens is 320 g/mol. The molecule has 1 atom stereocenters. The van der Waals surface area contributed by atoms with Crippen LogP contribution in [-0.4, -0.2) is 37.4 Å². The van der Waals surface area contributed by atoms with E-state index in [-0.39, 0.29) is 13.2 Å². The lowest BCUT2D eigenvalue weighted by molar-refractivity contribution is 0.121. The topological polar surface area (TPSA) is 69.2 Å². The fourth-order valence-corrected chi connectivity index (χ4v) is 2.31. The van der Waals surface area contributed by atoms with Gasteiger partial charge in [0.05, 0.1) is 0 Å². The Morgan fingerprint density at radius 3 is 2.56 bits per heavy atom. The van der Waals surface area contributed by atoms with Crippen LogP contribution in [0, 0.1) is 0 Å². The van der Waals surface area contributed by atoms with Gasteiger partial charge in [-0.05, 0) is 31.2 Å². The van der Waals surface area contributed by atoms with Gasteiger partial charge in [-0.1, -0.05) is 36.4 Å². The molecule has 0 bridgehead atoms. The molecule has 3 rings (SSSR count). The number of carbonyl (C=O) groups is 1. The fourth-order valence-electron chi connectivity index (χ4n) is 2.31. The van der Waals surface area contributed by atoms with Crippen LogP contribution in [0.15, 0.2) is 65.7 Å². The number of para-hydroxylation sites is 2. The third kappa shape index (κ3) is 4.97. The predicted molar refractivity (Wildman–Crippen MR) is 95.1 cm³/mol. The van der Waals surface area contributed by atoms with E-state index in [4.69, 9.17) is 14.2 Å². The summed E-state index contributed by atoms with van der Waals surface area (Å²) in [6, 6.07) is 18.6. The lowest BCUT2D eigenvalue weighted by atomic mass is 10.1. The van der Waals surface area contributed by atoms with Gasteiger partial charge in [0.25, 0.3) is 0 Å². The first-order chi connectivity index (χ1) is 12.1. The number of carbonyl (C=O) groups excluding carboxylic acids is 1. The van der Waals surface area contributed by atoms with E-state index in [2.05, 4.69) is 10.3 Å². The van der Waals surface area contributed by atoms with Crippen molar-refractivity contribution in [3.8, 4) is 5.75 Å². The fraction of sp³-hybridized carbons (Fsp3) is 0.263. The van der Waals surface area contributed by atoms with E-state index in [1.807, 2.05) is 55.5 Å². The molecule has 130 valence electrons. The van der Waals surface area contributed by atoms with Crippen LogP contribution < -0.4 is 10.1 Å². The highest BCUT2D eigenvalue weighted by atomic mass is 16.6. The van der Waals surface area contributed by atoms with Crippen molar-refractivity contribution in [3.05, 3.63) is 60.7 Å². The first kappa shape index (κ1) is 16.8. The highest BCUT2D eigenvalue weighted by Crippen LogP contribution is 2.20. The molecule has 1 aliphatic rings. The zero-order chi connectivity index (χ0) is 17.5. The maximum atomic E-state index is 11.9. The second-order valence-electron chi connectivity index (χ2n) is 5.96. The summed E-state index contributed by atoms with van der Waals surface area (Å²) in [4.78, 5) is 16.3. The third-order valence-corrected chi connectivity index (χ3v) is 3.58. The molecule has 0 saturated carbocycles. The summed E-state index contributed by atoms with van der Waals surface area (Å²) in [5, 5.41) is 2.67. The van der Waals surface area contributed by atoms with Crippen LogP contribution in [0.5, 0.6) is 5.75 Å². The molecule has 2 aromatic rings. The van der Waals surface area contributed by atoms with E-state index in [9.17, 15) is 4.79 Å². The zero-order valence-corrected chi connectivity index (χ0v) is 14.0. The highest BCUT2D eigenvalue weighted by molar-refractivity contribution is 5.84. The monoisotopic (exact) mass is 340 g/mol. The zero-order valence-electron chi connectivity index (χ0n) is 14.0. The average molecular weight is 340 g/mol. The van der Waals surface area contributed by atoms with E-state index in [1.165, 1.54) is 0 Å². The Morgan fingerprint density at radius 2 is 1.84 bits per heavy atom. The minimum absolute atomic E-state index is 0.125. The van der Waals surface area contributed by atoms with Gasteiger partial charge in [0, 0.05) is 5.69 Å². The number of hydrogen-bond acceptors (Lipinski definition) is 5. The lowest BCUT2D eigenvalue weighted by Gasteiger charge is -2.18. The van der Waals surface area contributed by atoms with Crippen molar-refractivity contribution in [1.29, 1.82) is 0 Å². The highest BCUT2D eigenvalue weighted by Gasteiger charge is 2.33. The minimum atomic E-state index is -0.608. The average Bonchev–Trinajstić information content (AvgIpc) is 3.02. The molecule has 6 heteroatoms. The molecule has 1 amide bonds. The summed E-state index contributed by atoms with van der Waals surface area (Å²) in [5.74, 6) is 1.25. The summed E-state index contributed by atoms with van der Waals surface area (Å²) < 4.78 is 16.4. The quantitative estimate of drug-likeness (QED) is 0.874. The second kappa shape index (κ2) is 7.70. The normalized spacial score (nSPS) is 18.8. The van der Waals surface area contributed by atoms with Gasteiger partial charge in [0.15, 0.2) is 6.61 Å². The third-order valence-electron chi connectivity index (χ3n) is 3.58. The number of rotatable bonds is 6. The number of nitrogens with one attached hydrogen (secondary N) is 1. The van der Waals surface area contributed by atoms with Gasteiger partial charge < -0.3 is 14.2 Å². The summed E-state index contributed by atoms with van der Waals surface area (Å²) in [5.41, 5.74) is 0.0735. The van der Waals surface area contributed by atoms with Crippen molar-refractivity contribution in [1.82, 2.24) is 0 Å². The molecule has 0 fully saturated rings. The molecule has 2 aromatic carbocycles. The Hall–Kier alpha value is -3.02. The number of ether oxygens (including phenoxy) is 3. The van der Waals surface area contributed by atoms with Gasteiger partial charge in [-0.15, -0.1) is 0 Å². The second-order valence-corrected chi connectivity index (χ2v) is 5.96. The molecule has 1 heterocycles. The Labute approximate surface area is 146 Å². The summed E-state index contributed by atoms with van der Waals surface area (Å²) >= 11 is 0. The smallest absolute Gasteiger partial charge is 0.411 e. The van der Waals surface area contributed by atoms with Crippen LogP contribution in [-0.2, 0) is 9.47 Å². The number of aliphatic imine (C=N–C) groups is 1. The van der Waals surface area contributed by atoms with Crippen molar-refractivity contribution in [2.45, 2.75) is 12.5 Å². The maximum absolute atomic E-state index is 11.9. The molecule has 0 saturated heterocycles. The Balaban J connectivity index is 1.47. The molecule has 1 N–H and O–H groups in total. The Morgan fingerprint density at radius 1 is 1.16 bits per heavy atom. The van der Waals surface area contributed by atoms with Crippen molar-refractivity contribution in [2.75, 3.05) is 25.1 Å². The van der Waals surface area contributed by atoms with Gasteiger partial charge in [0.2, 0.25) is 5.90 Å². The van der Waals surface area contributed by atoms with Crippen LogP contribution in [0.3, 0.4) is 0 Å². The Kier molecular flexibility index (Phi) is 5.18. The molecule has 1 aliphatic heterocycles. The molecule has 0 radical (unpaired) electrons. The number of anilines is 1. The van der Waals surface area contributed by atoms with E-state index in [0.717, 1.165) is 5.75 Å². The van der Waals surface area contributed by atoms with E-state index in [1.54, 1.807) is 12.1 Å². The molecule has 0 unspecified atom stereocenters. The molecule has 25 heavy (non-hydrogen) atoms. The van der Waals surface area contributed by atoms with Gasteiger partial charge in [-0.2, -0.15) is 0 Å². The van der Waals surface area contributed by atoms with Crippen molar-refractivity contribution >= 4 is 17.7 Å². The van der Waals surface area contributed by atoms with Crippen LogP contribution >= 0.6 is 0 Å². The number of nitrogens with zero attached hydrogens (tertiary/aromatic N) is 1. The van der Waals surface area contributed by atoms with Crippen LogP contribution in [0.4, 0.5) is 10.5 Å². The van der Waals surface area contributed by atoms with Crippen LogP contribution in [0.1, 0.15) is 6.92 Å². The van der Waals surface area contributed by atoms with Crippen LogP contribution in [0.2, 0.25) is 0 Å². The van der Waals surface area contributed by atoms with E-state index in [0.29, 0.717) is 18.2 Å². The van der Waals surface area contributed by atoms with Crippen molar-refractivity contribution in [2.24, 2.45) is 4.99 Å². The van der Waals surface area contributed by atoms with Gasteiger partial charge >= 0.3 is 6.09 Å². The maximum Gasteiger partial charge on any atom is 0.411 e. The van der Waals surface area contributed by atoms with Gasteiger partial charge in [-0.25, -0.2) is 9.79 Å². The minimum Gasteiger partial charge on any atom is -0.484 e. The number of amides is 1. The first-order valence-electron chi connectivity index (χ1n) is 8.01. The Bertz CT molecular complexity index is 734. The van der Waals surface area contributed by atoms with Crippen LogP contribution in [0.25, 0.3) is 0 Å².